The molecule has 0 aromatic heterocycles. The summed E-state index contributed by atoms with van der Waals surface area (Å²) in [6.45, 7) is 2.67. The van der Waals surface area contributed by atoms with Crippen molar-refractivity contribution in [3.63, 3.8) is 0 Å². The lowest BCUT2D eigenvalue weighted by Crippen LogP contribution is -2.41. The number of likely N-dealkylation sites (tertiary alicyclic amines) is 1. The van der Waals surface area contributed by atoms with Gasteiger partial charge in [0.05, 0.1) is 6.54 Å². The van der Waals surface area contributed by atoms with Gasteiger partial charge in [-0.2, -0.15) is 8.42 Å². The number of carbonyl (C=O) groups is 2. The van der Waals surface area contributed by atoms with Crippen LogP contribution < -0.4 is 14.8 Å². The predicted molar refractivity (Wildman–Crippen MR) is 92.6 cm³/mol. The van der Waals surface area contributed by atoms with E-state index in [-0.39, 0.29) is 36.4 Å². The number of amides is 2. The van der Waals surface area contributed by atoms with Crippen LogP contribution in [0.25, 0.3) is 0 Å². The van der Waals surface area contributed by atoms with Crippen LogP contribution in [0, 0.1) is 0 Å². The summed E-state index contributed by atoms with van der Waals surface area (Å²) in [5, 5.41) is 5.28. The number of carbonyl (C=O) groups excluding carboxylic acids is 2. The fourth-order valence-corrected chi connectivity index (χ4v) is 3.25. The molecule has 0 bridgehead atoms. The Bertz CT molecular complexity index is 784. The van der Waals surface area contributed by atoms with Crippen LogP contribution in [0.4, 0.5) is 3.89 Å². The first-order valence-electron chi connectivity index (χ1n) is 8.20. The minimum absolute atomic E-state index is 0.0609. The Balaban J connectivity index is 2.08. The van der Waals surface area contributed by atoms with Crippen LogP contribution in [0.2, 0.25) is 0 Å². The van der Waals surface area contributed by atoms with Gasteiger partial charge in [0.15, 0.2) is 5.75 Å². The van der Waals surface area contributed by atoms with Crippen molar-refractivity contribution in [3.8, 4) is 5.75 Å². The van der Waals surface area contributed by atoms with Crippen molar-refractivity contribution in [3.05, 3.63) is 29.3 Å². The van der Waals surface area contributed by atoms with Gasteiger partial charge >= 0.3 is 10.5 Å². The molecule has 0 aliphatic carbocycles. The highest BCUT2D eigenvalue weighted by molar-refractivity contribution is 7.81. The first-order chi connectivity index (χ1) is 12.2. The van der Waals surface area contributed by atoms with E-state index in [0.717, 1.165) is 18.9 Å². The molecular formula is C16H22FN3O5S. The van der Waals surface area contributed by atoms with Crippen molar-refractivity contribution in [1.82, 2.24) is 15.5 Å². The van der Waals surface area contributed by atoms with Crippen LogP contribution in [0.15, 0.2) is 18.2 Å². The summed E-state index contributed by atoms with van der Waals surface area (Å²) in [7, 11) is -3.60. The average molecular weight is 387 g/mol. The highest BCUT2D eigenvalue weighted by Gasteiger charge is 2.25. The second-order valence-electron chi connectivity index (χ2n) is 6.09. The summed E-state index contributed by atoms with van der Waals surface area (Å²) in [5.41, 5.74) is 0.429. The van der Waals surface area contributed by atoms with E-state index in [4.69, 9.17) is 0 Å². The maximum atomic E-state index is 12.9. The topological polar surface area (TPSA) is 105 Å². The van der Waals surface area contributed by atoms with Crippen LogP contribution in [0.1, 0.15) is 35.7 Å². The molecule has 144 valence electrons. The van der Waals surface area contributed by atoms with Gasteiger partial charge in [-0.15, -0.1) is 0 Å². The number of rotatable bonds is 7. The molecule has 1 fully saturated rings. The second kappa shape index (κ2) is 8.45. The molecule has 2 amide bonds. The van der Waals surface area contributed by atoms with Gasteiger partial charge < -0.3 is 19.7 Å². The standard InChI is InChI=1S/C16H22FN3O5S/c1-11-4-3-7-20(11)15(21)10-19-16(22)12-5-6-13(9-18-2)14(8-12)25-26(17,23)24/h5-6,8,11,18H,3-4,7,9-10H2,1-2H3,(H,19,22)/t11-/m1/s1. The van der Waals surface area contributed by atoms with Crippen LogP contribution >= 0.6 is 0 Å². The van der Waals surface area contributed by atoms with Crippen LogP contribution in [-0.4, -0.2) is 51.3 Å². The monoisotopic (exact) mass is 387 g/mol. The van der Waals surface area contributed by atoms with E-state index in [1.807, 2.05) is 6.92 Å². The number of hydrogen-bond acceptors (Lipinski definition) is 6. The number of benzene rings is 1. The Morgan fingerprint density at radius 3 is 2.69 bits per heavy atom. The normalized spacial score (nSPS) is 17.2. The molecule has 2 N–H and O–H groups in total. The third-order valence-electron chi connectivity index (χ3n) is 4.16. The van der Waals surface area contributed by atoms with Crippen molar-refractivity contribution in [2.75, 3.05) is 20.1 Å². The first kappa shape index (κ1) is 20.1. The van der Waals surface area contributed by atoms with Gasteiger partial charge in [-0.25, -0.2) is 0 Å². The Kier molecular flexibility index (Phi) is 6.54. The van der Waals surface area contributed by atoms with Gasteiger partial charge in [-0.3, -0.25) is 9.59 Å². The molecule has 0 radical (unpaired) electrons. The van der Waals surface area contributed by atoms with Crippen molar-refractivity contribution in [1.29, 1.82) is 0 Å². The summed E-state index contributed by atoms with van der Waals surface area (Å²) in [6, 6.07) is 4.18. The van der Waals surface area contributed by atoms with Gasteiger partial charge in [0.1, 0.15) is 0 Å². The van der Waals surface area contributed by atoms with E-state index in [0.29, 0.717) is 12.1 Å². The highest BCUT2D eigenvalue weighted by atomic mass is 32.3. The number of nitrogens with one attached hydrogen (secondary N) is 2. The molecule has 0 unspecified atom stereocenters. The summed E-state index contributed by atoms with van der Waals surface area (Å²) in [5.74, 6) is -1.05. The second-order valence-corrected chi connectivity index (χ2v) is 7.04. The Morgan fingerprint density at radius 2 is 2.12 bits per heavy atom. The molecule has 1 atom stereocenters. The predicted octanol–water partition coefficient (Wildman–Crippen LogP) is 0.740. The maximum absolute atomic E-state index is 12.9. The largest absolute Gasteiger partial charge is 0.488 e. The quantitative estimate of drug-likeness (QED) is 0.669. The van der Waals surface area contributed by atoms with Gasteiger partial charge in [0.25, 0.3) is 5.91 Å². The molecule has 1 heterocycles. The Morgan fingerprint density at radius 1 is 1.38 bits per heavy atom. The SMILES string of the molecule is CNCc1ccc(C(=O)NCC(=O)N2CCC[C@H]2C)cc1OS(=O)(=O)F. The molecular weight excluding hydrogens is 365 g/mol. The molecule has 10 heteroatoms. The lowest BCUT2D eigenvalue weighted by atomic mass is 10.1. The van der Waals surface area contributed by atoms with Crippen LogP contribution in [0.5, 0.6) is 5.75 Å². The molecule has 2 rings (SSSR count). The minimum atomic E-state index is -5.22. The molecule has 0 saturated carbocycles. The zero-order chi connectivity index (χ0) is 19.3. The van der Waals surface area contributed by atoms with E-state index in [1.54, 1.807) is 11.9 Å². The minimum Gasteiger partial charge on any atom is -0.358 e. The summed E-state index contributed by atoms with van der Waals surface area (Å²) in [6.07, 6.45) is 1.87. The molecule has 1 aliphatic heterocycles. The van der Waals surface area contributed by atoms with Crippen molar-refractivity contribution < 1.29 is 26.1 Å². The smallest absolute Gasteiger partial charge is 0.358 e. The van der Waals surface area contributed by atoms with Crippen molar-refractivity contribution in [2.45, 2.75) is 32.4 Å². The fourth-order valence-electron chi connectivity index (χ4n) is 2.88. The zero-order valence-electron chi connectivity index (χ0n) is 14.6. The third-order valence-corrected chi connectivity index (χ3v) is 4.54. The van der Waals surface area contributed by atoms with Gasteiger partial charge in [-0.1, -0.05) is 9.95 Å². The maximum Gasteiger partial charge on any atom is 0.488 e. The van der Waals surface area contributed by atoms with Crippen LogP contribution in [0.3, 0.4) is 0 Å². The third kappa shape index (κ3) is 5.40. The van der Waals surface area contributed by atoms with Crippen molar-refractivity contribution >= 4 is 22.3 Å². The summed E-state index contributed by atoms with van der Waals surface area (Å²) >= 11 is 0. The van der Waals surface area contributed by atoms with E-state index in [9.17, 15) is 21.9 Å². The highest BCUT2D eigenvalue weighted by Crippen LogP contribution is 2.23. The van der Waals surface area contributed by atoms with E-state index >= 15 is 0 Å². The molecule has 8 nitrogen and oxygen atoms in total. The number of nitrogens with zero attached hydrogens (tertiary/aromatic N) is 1. The zero-order valence-corrected chi connectivity index (χ0v) is 15.4. The molecule has 1 aliphatic rings. The summed E-state index contributed by atoms with van der Waals surface area (Å²) in [4.78, 5) is 26.1. The van der Waals surface area contributed by atoms with E-state index in [2.05, 4.69) is 14.8 Å². The Labute approximate surface area is 152 Å². The molecule has 1 aromatic rings. The summed E-state index contributed by atoms with van der Waals surface area (Å²) < 4.78 is 38.7. The number of hydrogen-bond donors (Lipinski definition) is 2. The number of halogens is 1. The van der Waals surface area contributed by atoms with Gasteiger partial charge in [0, 0.05) is 30.3 Å². The lowest BCUT2D eigenvalue weighted by Gasteiger charge is -2.21. The molecule has 1 saturated heterocycles. The molecule has 26 heavy (non-hydrogen) atoms. The fraction of sp³-hybridized carbons (Fsp3) is 0.500. The van der Waals surface area contributed by atoms with Crippen LogP contribution in [-0.2, 0) is 21.8 Å². The van der Waals surface area contributed by atoms with Crippen molar-refractivity contribution in [2.24, 2.45) is 0 Å². The van der Waals surface area contributed by atoms with E-state index in [1.165, 1.54) is 12.1 Å². The van der Waals surface area contributed by atoms with E-state index < -0.39 is 16.4 Å². The van der Waals surface area contributed by atoms with Gasteiger partial charge in [0.2, 0.25) is 5.91 Å². The average Bonchev–Trinajstić information content (AvgIpc) is 2.99. The molecule has 1 aromatic carbocycles. The lowest BCUT2D eigenvalue weighted by molar-refractivity contribution is -0.130. The Hall–Kier alpha value is -2.20. The first-order valence-corrected chi connectivity index (χ1v) is 9.51. The molecule has 0 spiro atoms. The van der Waals surface area contributed by atoms with Gasteiger partial charge in [-0.05, 0) is 38.9 Å².